The van der Waals surface area contributed by atoms with E-state index in [1.807, 2.05) is 11.8 Å². The Morgan fingerprint density at radius 2 is 1.94 bits per heavy atom. The molecule has 0 unspecified atom stereocenters. The van der Waals surface area contributed by atoms with Crippen molar-refractivity contribution in [2.24, 2.45) is 5.92 Å². The molecule has 0 aliphatic carbocycles. The molecule has 2 saturated heterocycles. The van der Waals surface area contributed by atoms with E-state index >= 15 is 0 Å². The Balaban J connectivity index is 1.82. The van der Waals surface area contributed by atoms with Crippen LogP contribution < -0.4 is 5.32 Å². The lowest BCUT2D eigenvalue weighted by Gasteiger charge is -2.33. The smallest absolute Gasteiger partial charge is 0.317 e. The number of carbonyl (C=O) groups is 2. The second-order valence-corrected chi connectivity index (χ2v) is 6.18. The van der Waals surface area contributed by atoms with Gasteiger partial charge in [0.2, 0.25) is 0 Å². The molecule has 1 atom stereocenters. The van der Waals surface area contributed by atoms with E-state index in [-0.39, 0.29) is 12.1 Å². The van der Waals surface area contributed by atoms with Gasteiger partial charge in [0.15, 0.2) is 0 Å². The van der Waals surface area contributed by atoms with Gasteiger partial charge >= 0.3 is 12.0 Å². The number of nitrogens with one attached hydrogen (secondary N) is 1. The molecule has 18 heavy (non-hydrogen) atoms. The van der Waals surface area contributed by atoms with Gasteiger partial charge in [-0.1, -0.05) is 0 Å². The summed E-state index contributed by atoms with van der Waals surface area (Å²) in [4.78, 5) is 24.7. The van der Waals surface area contributed by atoms with Crippen LogP contribution in [0.2, 0.25) is 0 Å². The van der Waals surface area contributed by atoms with E-state index in [0.29, 0.717) is 19.5 Å². The minimum Gasteiger partial charge on any atom is -0.481 e. The summed E-state index contributed by atoms with van der Waals surface area (Å²) in [5.41, 5.74) is 0. The number of carboxylic acid groups (broad SMARTS) is 1. The molecular formula is C12H20N2O3S. The zero-order chi connectivity index (χ0) is 13.0. The van der Waals surface area contributed by atoms with Gasteiger partial charge in [0.1, 0.15) is 0 Å². The molecule has 0 saturated carbocycles. The Hall–Kier alpha value is -0.910. The summed E-state index contributed by atoms with van der Waals surface area (Å²) in [7, 11) is 0. The molecule has 2 heterocycles. The molecule has 2 amide bonds. The summed E-state index contributed by atoms with van der Waals surface area (Å²) >= 11 is 1.92. The lowest BCUT2D eigenvalue weighted by molar-refractivity contribution is -0.143. The van der Waals surface area contributed by atoms with Crippen LogP contribution in [0.15, 0.2) is 0 Å². The van der Waals surface area contributed by atoms with Crippen molar-refractivity contribution in [3.8, 4) is 0 Å². The molecule has 6 heteroatoms. The minimum absolute atomic E-state index is 0.0853. The van der Waals surface area contributed by atoms with E-state index in [0.717, 1.165) is 30.8 Å². The number of hydrogen-bond acceptors (Lipinski definition) is 3. The Morgan fingerprint density at radius 1 is 1.22 bits per heavy atom. The second kappa shape index (κ2) is 6.31. The molecule has 2 aliphatic rings. The number of amides is 2. The molecule has 2 aliphatic heterocycles. The first-order valence-electron chi connectivity index (χ1n) is 6.53. The highest BCUT2D eigenvalue weighted by atomic mass is 32.2. The van der Waals surface area contributed by atoms with E-state index in [2.05, 4.69) is 5.32 Å². The standard InChI is InChI=1S/C12H20N2O3S/c15-11(16)9-2-1-5-14(8-9)12(17)13-10-3-6-18-7-4-10/h9-10H,1-8H2,(H,13,17)(H,15,16)/t9-/m1/s1. The van der Waals surface area contributed by atoms with Crippen molar-refractivity contribution in [3.63, 3.8) is 0 Å². The molecule has 0 bridgehead atoms. The van der Waals surface area contributed by atoms with Crippen molar-refractivity contribution in [1.82, 2.24) is 10.2 Å². The highest BCUT2D eigenvalue weighted by molar-refractivity contribution is 7.99. The molecule has 0 radical (unpaired) electrons. The Morgan fingerprint density at radius 3 is 2.61 bits per heavy atom. The van der Waals surface area contributed by atoms with Crippen molar-refractivity contribution in [1.29, 1.82) is 0 Å². The van der Waals surface area contributed by atoms with Crippen molar-refractivity contribution in [3.05, 3.63) is 0 Å². The van der Waals surface area contributed by atoms with Crippen LogP contribution in [0.1, 0.15) is 25.7 Å². The van der Waals surface area contributed by atoms with Crippen LogP contribution >= 0.6 is 11.8 Å². The Labute approximate surface area is 111 Å². The van der Waals surface area contributed by atoms with E-state index < -0.39 is 11.9 Å². The van der Waals surface area contributed by atoms with Gasteiger partial charge in [0, 0.05) is 19.1 Å². The van der Waals surface area contributed by atoms with E-state index in [1.54, 1.807) is 4.90 Å². The molecule has 0 aromatic heterocycles. The maximum absolute atomic E-state index is 12.0. The fourth-order valence-electron chi connectivity index (χ4n) is 2.47. The number of thioether (sulfide) groups is 1. The second-order valence-electron chi connectivity index (χ2n) is 4.96. The minimum atomic E-state index is -0.790. The van der Waals surface area contributed by atoms with Crippen molar-refractivity contribution >= 4 is 23.8 Å². The maximum atomic E-state index is 12.0. The first-order valence-corrected chi connectivity index (χ1v) is 7.68. The van der Waals surface area contributed by atoms with Gasteiger partial charge in [-0.15, -0.1) is 0 Å². The number of hydrogen-bond donors (Lipinski definition) is 2. The first kappa shape index (κ1) is 13.5. The number of urea groups is 1. The monoisotopic (exact) mass is 272 g/mol. The van der Waals surface area contributed by atoms with E-state index in [1.165, 1.54) is 0 Å². The summed E-state index contributed by atoms with van der Waals surface area (Å²) in [6, 6.07) is 0.182. The average Bonchev–Trinajstić information content (AvgIpc) is 2.40. The molecule has 2 N–H and O–H groups in total. The van der Waals surface area contributed by atoms with Gasteiger partial charge in [-0.05, 0) is 37.2 Å². The summed E-state index contributed by atoms with van der Waals surface area (Å²) < 4.78 is 0. The zero-order valence-corrected chi connectivity index (χ0v) is 11.2. The highest BCUT2D eigenvalue weighted by Crippen LogP contribution is 2.19. The van der Waals surface area contributed by atoms with Crippen molar-refractivity contribution in [2.75, 3.05) is 24.6 Å². The number of carbonyl (C=O) groups excluding carboxylic acids is 1. The molecule has 5 nitrogen and oxygen atoms in total. The average molecular weight is 272 g/mol. The summed E-state index contributed by atoms with van der Waals surface area (Å²) in [5, 5.41) is 12.0. The number of likely N-dealkylation sites (tertiary alicyclic amines) is 1. The van der Waals surface area contributed by atoms with E-state index in [9.17, 15) is 9.59 Å². The highest BCUT2D eigenvalue weighted by Gasteiger charge is 2.29. The molecule has 0 aromatic rings. The number of aliphatic carboxylic acids is 1. The molecule has 2 rings (SSSR count). The zero-order valence-electron chi connectivity index (χ0n) is 10.4. The van der Waals surface area contributed by atoms with E-state index in [4.69, 9.17) is 5.11 Å². The van der Waals surface area contributed by atoms with Gasteiger partial charge < -0.3 is 15.3 Å². The van der Waals surface area contributed by atoms with Crippen LogP contribution in [0.5, 0.6) is 0 Å². The third-order valence-corrected chi connectivity index (χ3v) is 4.66. The topological polar surface area (TPSA) is 69.6 Å². The third-order valence-electron chi connectivity index (χ3n) is 3.61. The number of rotatable bonds is 2. The van der Waals surface area contributed by atoms with Crippen LogP contribution in [0.4, 0.5) is 4.79 Å². The number of nitrogens with zero attached hydrogens (tertiary/aromatic N) is 1. The number of piperidine rings is 1. The molecule has 0 aromatic carbocycles. The largest absolute Gasteiger partial charge is 0.481 e. The van der Waals surface area contributed by atoms with Gasteiger partial charge in [-0.2, -0.15) is 11.8 Å². The SMILES string of the molecule is O=C(O)[C@@H]1CCCN(C(=O)NC2CCSCC2)C1. The predicted molar refractivity (Wildman–Crippen MR) is 70.8 cm³/mol. The summed E-state index contributed by atoms with van der Waals surface area (Å²) in [6.07, 6.45) is 3.50. The molecule has 102 valence electrons. The van der Waals surface area contributed by atoms with Crippen LogP contribution in [-0.4, -0.2) is 52.6 Å². The van der Waals surface area contributed by atoms with Crippen molar-refractivity contribution in [2.45, 2.75) is 31.7 Å². The van der Waals surface area contributed by atoms with Crippen LogP contribution in [0, 0.1) is 5.92 Å². The third kappa shape index (κ3) is 3.54. The fourth-order valence-corrected chi connectivity index (χ4v) is 3.58. The van der Waals surface area contributed by atoms with Crippen LogP contribution in [-0.2, 0) is 4.79 Å². The van der Waals surface area contributed by atoms with Gasteiger partial charge in [0.25, 0.3) is 0 Å². The fraction of sp³-hybridized carbons (Fsp3) is 0.833. The summed E-state index contributed by atoms with van der Waals surface area (Å²) in [6.45, 7) is 1.03. The maximum Gasteiger partial charge on any atom is 0.317 e. The molecular weight excluding hydrogens is 252 g/mol. The van der Waals surface area contributed by atoms with Crippen molar-refractivity contribution < 1.29 is 14.7 Å². The van der Waals surface area contributed by atoms with Crippen LogP contribution in [0.3, 0.4) is 0 Å². The Kier molecular flexibility index (Phi) is 4.74. The van der Waals surface area contributed by atoms with Gasteiger partial charge in [0.05, 0.1) is 5.92 Å². The normalized spacial score (nSPS) is 25.8. The lowest BCUT2D eigenvalue weighted by atomic mass is 9.98. The molecule has 0 spiro atoms. The first-order chi connectivity index (χ1) is 8.66. The Bertz CT molecular complexity index is 318. The predicted octanol–water partition coefficient (Wildman–Crippen LogP) is 1.39. The number of carboxylic acids is 1. The van der Waals surface area contributed by atoms with Gasteiger partial charge in [-0.25, -0.2) is 4.79 Å². The lowest BCUT2D eigenvalue weighted by Crippen LogP contribution is -2.50. The summed E-state index contributed by atoms with van der Waals surface area (Å²) in [5.74, 6) is 1.01. The molecule has 2 fully saturated rings. The quantitative estimate of drug-likeness (QED) is 0.797. The van der Waals surface area contributed by atoms with Gasteiger partial charge in [-0.3, -0.25) is 4.79 Å². The van der Waals surface area contributed by atoms with Crippen LogP contribution in [0.25, 0.3) is 0 Å².